The predicted molar refractivity (Wildman–Crippen MR) is 267 cm³/mol. The summed E-state index contributed by atoms with van der Waals surface area (Å²) >= 11 is 6.34. The van der Waals surface area contributed by atoms with Gasteiger partial charge in [-0.15, -0.1) is 0 Å². The van der Waals surface area contributed by atoms with Gasteiger partial charge in [0, 0.05) is 34.4 Å². The van der Waals surface area contributed by atoms with E-state index >= 15 is 0 Å². The summed E-state index contributed by atoms with van der Waals surface area (Å²) in [5.74, 6) is 0.122. The number of carbonyl (C=O) groups is 2. The van der Waals surface area contributed by atoms with Gasteiger partial charge in [0.15, 0.2) is 5.82 Å². The topological polar surface area (TPSA) is 113 Å². The molecular weight excluding hydrogens is 929 g/mol. The van der Waals surface area contributed by atoms with Crippen molar-refractivity contribution in [3.05, 3.63) is 148 Å². The third kappa shape index (κ3) is 9.82. The average Bonchev–Trinajstić information content (AvgIpc) is 3.66. The van der Waals surface area contributed by atoms with Gasteiger partial charge < -0.3 is 18.9 Å². The van der Waals surface area contributed by atoms with Gasteiger partial charge in [-0.05, 0) is 170 Å². The van der Waals surface area contributed by atoms with E-state index in [9.17, 15) is 22.8 Å². The molecule has 71 heavy (non-hydrogen) atoms. The van der Waals surface area contributed by atoms with Gasteiger partial charge in [0.2, 0.25) is 0 Å². The van der Waals surface area contributed by atoms with E-state index in [0.717, 1.165) is 84.0 Å². The fourth-order valence-corrected chi connectivity index (χ4v) is 11.8. The van der Waals surface area contributed by atoms with Crippen molar-refractivity contribution < 1.29 is 41.7 Å². The number of aryl methyl sites for hydroxylation is 2. The number of nitrogens with zero attached hydrogens (tertiary/aromatic N) is 4. The van der Waals surface area contributed by atoms with Gasteiger partial charge in [-0.2, -0.15) is 13.2 Å². The monoisotopic (exact) mass is 986 g/mol. The number of rotatable bonds is 14. The molecule has 6 aromatic rings. The summed E-state index contributed by atoms with van der Waals surface area (Å²) in [6, 6.07) is 29.5. The molecule has 3 aliphatic carbocycles. The standard InChI is InChI=1S/C57H58ClF3N4O6/c1-35(33-71-50-21-27-62-48-14-8-10-37(3)51(48)50)28-40-29-39-18-17-38(46-32-44(19-16-36(46)2)70-34-42-20-26-63-52(64-42)45-13-6-7-15-49(45)68-4)30-47(39)55(40)22-24-56(25-23-55,54(67)69-5)65(53(66)57(59,60)61)43-12-9-11-41(58)31-43/h6-7,9,11-13,15-21,26-27,30-32,35,37,40H,8,10,14,22-25,28-29,33-34H2,1-5H3/t35-,37-,40+,55?,56?/m1/s1. The Morgan fingerprint density at radius 2 is 1.66 bits per heavy atom. The molecule has 0 bridgehead atoms. The molecule has 9 rings (SSSR count). The zero-order valence-corrected chi connectivity index (χ0v) is 41.4. The number of aromatic nitrogens is 3. The number of benzene rings is 4. The molecule has 2 heterocycles. The fourth-order valence-electron chi connectivity index (χ4n) is 11.6. The van der Waals surface area contributed by atoms with E-state index in [1.54, 1.807) is 13.3 Å². The second-order valence-corrected chi connectivity index (χ2v) is 20.0. The Labute approximate surface area is 417 Å². The van der Waals surface area contributed by atoms with Gasteiger partial charge in [-0.1, -0.05) is 67.9 Å². The van der Waals surface area contributed by atoms with Crippen LogP contribution in [0.25, 0.3) is 22.5 Å². The molecule has 0 N–H and O–H groups in total. The predicted octanol–water partition coefficient (Wildman–Crippen LogP) is 12.8. The number of halogens is 4. The second-order valence-electron chi connectivity index (χ2n) is 19.5. The average molecular weight is 988 g/mol. The molecule has 0 saturated heterocycles. The zero-order chi connectivity index (χ0) is 50.1. The minimum absolute atomic E-state index is 0.0367. The Morgan fingerprint density at radius 1 is 0.873 bits per heavy atom. The molecule has 3 atom stereocenters. The summed E-state index contributed by atoms with van der Waals surface area (Å²) in [4.78, 5) is 42.3. The Bertz CT molecular complexity index is 2940. The highest BCUT2D eigenvalue weighted by Crippen LogP contribution is 2.58. The Kier molecular flexibility index (Phi) is 14.2. The number of fused-ring (bicyclic) bond motifs is 3. The van der Waals surface area contributed by atoms with Crippen LogP contribution in [0.5, 0.6) is 17.2 Å². The smallest absolute Gasteiger partial charge is 0.471 e. The lowest BCUT2D eigenvalue weighted by molar-refractivity contribution is -0.174. The van der Waals surface area contributed by atoms with Crippen molar-refractivity contribution in [1.29, 1.82) is 0 Å². The number of ether oxygens (including phenoxy) is 4. The second kappa shape index (κ2) is 20.3. The van der Waals surface area contributed by atoms with Crippen LogP contribution in [0.4, 0.5) is 18.9 Å². The molecule has 4 aromatic carbocycles. The molecule has 0 aliphatic heterocycles. The van der Waals surface area contributed by atoms with Crippen LogP contribution in [-0.2, 0) is 39.2 Å². The molecular formula is C57H58ClF3N4O6. The Hall–Kier alpha value is -6.47. The Morgan fingerprint density at radius 3 is 2.42 bits per heavy atom. The van der Waals surface area contributed by atoms with Crippen LogP contribution in [0.2, 0.25) is 5.02 Å². The maximum absolute atomic E-state index is 14.7. The van der Waals surface area contributed by atoms with E-state index in [1.165, 1.54) is 29.8 Å². The van der Waals surface area contributed by atoms with Crippen molar-refractivity contribution in [3.8, 4) is 39.8 Å². The highest BCUT2D eigenvalue weighted by Gasteiger charge is 2.60. The van der Waals surface area contributed by atoms with Gasteiger partial charge in [0.1, 0.15) is 29.4 Å². The molecule has 2 aromatic heterocycles. The van der Waals surface area contributed by atoms with Crippen molar-refractivity contribution in [1.82, 2.24) is 15.0 Å². The number of anilines is 1. The van der Waals surface area contributed by atoms with Crippen molar-refractivity contribution >= 4 is 29.2 Å². The number of methoxy groups -OCH3 is 2. The van der Waals surface area contributed by atoms with Gasteiger partial charge in [-0.3, -0.25) is 14.7 Å². The quantitative estimate of drug-likeness (QED) is 0.0985. The van der Waals surface area contributed by atoms with E-state index in [2.05, 4.69) is 42.0 Å². The maximum atomic E-state index is 14.7. The van der Waals surface area contributed by atoms with E-state index < -0.39 is 29.0 Å². The van der Waals surface area contributed by atoms with E-state index in [1.807, 2.05) is 67.7 Å². The van der Waals surface area contributed by atoms with Crippen LogP contribution in [0, 0.1) is 18.8 Å². The first kappa shape index (κ1) is 49.5. The highest BCUT2D eigenvalue weighted by atomic mass is 35.5. The number of para-hydroxylation sites is 1. The molecule has 0 unspecified atom stereocenters. The number of esters is 1. The molecule has 3 aliphatic rings. The van der Waals surface area contributed by atoms with Crippen molar-refractivity contribution in [3.63, 3.8) is 0 Å². The van der Waals surface area contributed by atoms with Crippen LogP contribution in [0.15, 0.2) is 109 Å². The summed E-state index contributed by atoms with van der Waals surface area (Å²) < 4.78 is 67.9. The molecule has 0 radical (unpaired) electrons. The Balaban J connectivity index is 1.04. The van der Waals surface area contributed by atoms with Crippen molar-refractivity contribution in [2.45, 2.75) is 108 Å². The van der Waals surface area contributed by atoms with Crippen LogP contribution < -0.4 is 19.1 Å². The van der Waals surface area contributed by atoms with Crippen LogP contribution >= 0.6 is 11.6 Å². The molecule has 1 spiro atoms. The third-order valence-electron chi connectivity index (χ3n) is 15.1. The highest BCUT2D eigenvalue weighted by molar-refractivity contribution is 6.31. The summed E-state index contributed by atoms with van der Waals surface area (Å²) in [7, 11) is 2.76. The largest absolute Gasteiger partial charge is 0.496 e. The van der Waals surface area contributed by atoms with Crippen LogP contribution in [0.3, 0.4) is 0 Å². The van der Waals surface area contributed by atoms with Gasteiger partial charge in [0.25, 0.3) is 0 Å². The first-order valence-electron chi connectivity index (χ1n) is 24.3. The van der Waals surface area contributed by atoms with E-state index in [-0.39, 0.29) is 42.0 Å². The minimum atomic E-state index is -5.29. The minimum Gasteiger partial charge on any atom is -0.496 e. The van der Waals surface area contributed by atoms with Gasteiger partial charge in [-0.25, -0.2) is 14.8 Å². The lowest BCUT2D eigenvalue weighted by atomic mass is 9.59. The number of hydrogen-bond donors (Lipinski definition) is 0. The number of hydrogen-bond acceptors (Lipinski definition) is 9. The first-order chi connectivity index (χ1) is 34.1. The van der Waals surface area contributed by atoms with Crippen LogP contribution in [0.1, 0.15) is 98.4 Å². The first-order valence-corrected chi connectivity index (χ1v) is 24.7. The summed E-state index contributed by atoms with van der Waals surface area (Å²) in [5.41, 5.74) is 6.26. The van der Waals surface area contributed by atoms with E-state index in [0.29, 0.717) is 53.3 Å². The summed E-state index contributed by atoms with van der Waals surface area (Å²) in [5, 5.41) is 0.127. The normalized spacial score (nSPS) is 20.9. The summed E-state index contributed by atoms with van der Waals surface area (Å²) in [6.07, 6.45) is 3.29. The summed E-state index contributed by atoms with van der Waals surface area (Å²) in [6.45, 7) is 7.11. The lowest BCUT2D eigenvalue weighted by Crippen LogP contribution is -2.63. The van der Waals surface area contributed by atoms with Crippen molar-refractivity contribution in [2.24, 2.45) is 11.8 Å². The zero-order valence-electron chi connectivity index (χ0n) is 40.7. The molecule has 1 saturated carbocycles. The lowest BCUT2D eigenvalue weighted by Gasteiger charge is -2.51. The van der Waals surface area contributed by atoms with Gasteiger partial charge >= 0.3 is 18.1 Å². The number of pyridine rings is 1. The van der Waals surface area contributed by atoms with Crippen LogP contribution in [-0.4, -0.2) is 59.4 Å². The SMILES string of the molecule is COC(=O)C1(N(C(=O)C(F)(F)F)c2cccc(Cl)c2)CCC2(CC1)c1cc(-c3cc(OCc4ccnc(-c5ccccc5OC)n4)ccc3C)ccc1C[C@@H]2C[C@@H](C)COc1ccnc2c1[C@H](C)CCC2. The van der Waals surface area contributed by atoms with Gasteiger partial charge in [0.05, 0.1) is 32.1 Å². The molecule has 10 nitrogen and oxygen atoms in total. The fraction of sp³-hybridized carbons (Fsp3) is 0.386. The molecule has 1 fully saturated rings. The third-order valence-corrected chi connectivity index (χ3v) is 15.4. The molecule has 14 heteroatoms. The number of carbonyl (C=O) groups excluding carboxylic acids is 2. The number of amides is 1. The maximum Gasteiger partial charge on any atom is 0.471 e. The molecule has 370 valence electrons. The molecule has 1 amide bonds. The number of alkyl halides is 3. The van der Waals surface area contributed by atoms with E-state index in [4.69, 9.17) is 35.5 Å². The van der Waals surface area contributed by atoms with Crippen molar-refractivity contribution in [2.75, 3.05) is 25.7 Å².